The van der Waals surface area contributed by atoms with E-state index in [4.69, 9.17) is 10.4 Å². The van der Waals surface area contributed by atoms with Crippen LogP contribution in [0.5, 0.6) is 0 Å². The van der Waals surface area contributed by atoms with E-state index in [1.54, 1.807) is 0 Å². The average Bonchev–Trinajstić information content (AvgIpc) is 1.88. The third kappa shape index (κ3) is 1.69. The largest absolute Gasteiger partial charge is 0.393 e. The van der Waals surface area contributed by atoms with Gasteiger partial charge in [-0.3, -0.25) is 0 Å². The Labute approximate surface area is 55.1 Å². The molecular weight excluding hydrogens is 114 g/mol. The Hall–Kier alpha value is -0.550. The fourth-order valence-electron chi connectivity index (χ4n) is 1.28. The van der Waals surface area contributed by atoms with Gasteiger partial charge in [0.1, 0.15) is 0 Å². The fourth-order valence-corrected chi connectivity index (χ4v) is 1.28. The first-order valence-electron chi connectivity index (χ1n) is 3.40. The molecule has 0 amide bonds. The molecule has 0 saturated heterocycles. The molecule has 2 atom stereocenters. The number of rotatable bonds is 0. The van der Waals surface area contributed by atoms with Crippen LogP contribution in [0.1, 0.15) is 25.7 Å². The molecule has 2 nitrogen and oxygen atoms in total. The van der Waals surface area contributed by atoms with Gasteiger partial charge in [-0.1, -0.05) is 0 Å². The molecule has 1 N–H and O–H groups in total. The van der Waals surface area contributed by atoms with Crippen LogP contribution in [0.15, 0.2) is 0 Å². The van der Waals surface area contributed by atoms with Crippen molar-refractivity contribution in [1.29, 1.82) is 5.26 Å². The Morgan fingerprint density at radius 3 is 2.67 bits per heavy atom. The highest BCUT2D eigenvalue weighted by atomic mass is 16.3. The summed E-state index contributed by atoms with van der Waals surface area (Å²) in [4.78, 5) is 0. The Bertz CT molecular complexity index is 127. The van der Waals surface area contributed by atoms with Gasteiger partial charge in [-0.2, -0.15) is 5.26 Å². The first-order valence-corrected chi connectivity index (χ1v) is 3.40. The molecule has 0 aliphatic heterocycles. The summed E-state index contributed by atoms with van der Waals surface area (Å²) in [6, 6.07) is 2.17. The predicted molar refractivity (Wildman–Crippen MR) is 33.6 cm³/mol. The first kappa shape index (κ1) is 6.57. The van der Waals surface area contributed by atoms with Gasteiger partial charge in [0, 0.05) is 5.92 Å². The molecule has 0 radical (unpaired) electrons. The molecule has 9 heavy (non-hydrogen) atoms. The van der Waals surface area contributed by atoms with E-state index < -0.39 is 0 Å². The molecule has 50 valence electrons. The van der Waals surface area contributed by atoms with Crippen LogP contribution in [0.3, 0.4) is 0 Å². The summed E-state index contributed by atoms with van der Waals surface area (Å²) in [7, 11) is 0. The molecular formula is C7H11NO. The fraction of sp³-hybridized carbons (Fsp3) is 0.857. The monoisotopic (exact) mass is 125 g/mol. The molecule has 0 spiro atoms. The second-order valence-electron chi connectivity index (χ2n) is 2.65. The zero-order valence-corrected chi connectivity index (χ0v) is 5.38. The van der Waals surface area contributed by atoms with Gasteiger partial charge in [0.2, 0.25) is 0 Å². The van der Waals surface area contributed by atoms with Crippen molar-refractivity contribution in [1.82, 2.24) is 0 Å². The van der Waals surface area contributed by atoms with Crippen LogP contribution < -0.4 is 0 Å². The maximum atomic E-state index is 9.06. The van der Waals surface area contributed by atoms with Crippen LogP contribution in [-0.2, 0) is 0 Å². The Morgan fingerprint density at radius 2 is 2.22 bits per heavy atom. The highest BCUT2D eigenvalue weighted by Gasteiger charge is 2.18. The highest BCUT2D eigenvalue weighted by molar-refractivity contribution is 4.87. The first-order chi connectivity index (χ1) is 4.33. The normalized spacial score (nSPS) is 35.6. The zero-order valence-electron chi connectivity index (χ0n) is 5.38. The maximum absolute atomic E-state index is 9.06. The molecule has 1 fully saturated rings. The van der Waals surface area contributed by atoms with Crippen molar-refractivity contribution >= 4 is 0 Å². The van der Waals surface area contributed by atoms with Crippen molar-refractivity contribution in [2.75, 3.05) is 0 Å². The molecule has 1 rings (SSSR count). The average molecular weight is 125 g/mol. The second kappa shape index (κ2) is 2.84. The van der Waals surface area contributed by atoms with Crippen LogP contribution in [0, 0.1) is 17.2 Å². The molecule has 0 unspecified atom stereocenters. The summed E-state index contributed by atoms with van der Waals surface area (Å²) in [5.74, 6) is 0.119. The summed E-state index contributed by atoms with van der Waals surface area (Å²) in [6.45, 7) is 0. The van der Waals surface area contributed by atoms with Crippen molar-refractivity contribution < 1.29 is 5.11 Å². The lowest BCUT2D eigenvalue weighted by Crippen LogP contribution is -2.17. The van der Waals surface area contributed by atoms with Gasteiger partial charge in [0.25, 0.3) is 0 Å². The minimum Gasteiger partial charge on any atom is -0.393 e. The lowest BCUT2D eigenvalue weighted by atomic mass is 9.88. The van der Waals surface area contributed by atoms with Crippen LogP contribution in [-0.4, -0.2) is 11.2 Å². The Balaban J connectivity index is 2.34. The van der Waals surface area contributed by atoms with E-state index in [0.717, 1.165) is 19.3 Å². The summed E-state index contributed by atoms with van der Waals surface area (Å²) >= 11 is 0. The number of nitriles is 1. The second-order valence-corrected chi connectivity index (χ2v) is 2.65. The molecule has 0 aromatic heterocycles. The van der Waals surface area contributed by atoms with Crippen molar-refractivity contribution in [3.05, 3.63) is 0 Å². The van der Waals surface area contributed by atoms with Gasteiger partial charge in [0.15, 0.2) is 0 Å². The van der Waals surface area contributed by atoms with E-state index >= 15 is 0 Å². The molecule has 1 aliphatic carbocycles. The van der Waals surface area contributed by atoms with E-state index in [1.807, 2.05) is 0 Å². The Kier molecular flexibility index (Phi) is 2.07. The molecule has 0 aromatic rings. The SMILES string of the molecule is N#C[C@@H]1CCC[C@@H](O)C1. The van der Waals surface area contributed by atoms with Gasteiger partial charge < -0.3 is 5.11 Å². The summed E-state index contributed by atoms with van der Waals surface area (Å²) in [5, 5.41) is 17.5. The van der Waals surface area contributed by atoms with Gasteiger partial charge >= 0.3 is 0 Å². The van der Waals surface area contributed by atoms with E-state index in [2.05, 4.69) is 6.07 Å². The summed E-state index contributed by atoms with van der Waals surface area (Å²) < 4.78 is 0. The van der Waals surface area contributed by atoms with Crippen LogP contribution in [0.4, 0.5) is 0 Å². The third-order valence-corrected chi connectivity index (χ3v) is 1.83. The van der Waals surface area contributed by atoms with E-state index in [1.165, 1.54) is 0 Å². The lowest BCUT2D eigenvalue weighted by Gasteiger charge is -2.19. The summed E-state index contributed by atoms with van der Waals surface area (Å²) in [5.41, 5.74) is 0. The third-order valence-electron chi connectivity index (χ3n) is 1.83. The van der Waals surface area contributed by atoms with Gasteiger partial charge in [-0.25, -0.2) is 0 Å². The Morgan fingerprint density at radius 1 is 1.44 bits per heavy atom. The van der Waals surface area contributed by atoms with E-state index in [0.29, 0.717) is 6.42 Å². The highest BCUT2D eigenvalue weighted by Crippen LogP contribution is 2.22. The smallest absolute Gasteiger partial charge is 0.0656 e. The number of nitrogens with zero attached hydrogens (tertiary/aromatic N) is 1. The lowest BCUT2D eigenvalue weighted by molar-refractivity contribution is 0.115. The topological polar surface area (TPSA) is 44.0 Å². The standard InChI is InChI=1S/C7H11NO/c8-5-6-2-1-3-7(9)4-6/h6-7,9H,1-4H2/t6-,7-/m1/s1. The van der Waals surface area contributed by atoms with Crippen LogP contribution in [0.2, 0.25) is 0 Å². The molecule has 2 heteroatoms. The minimum atomic E-state index is -0.205. The quantitative estimate of drug-likeness (QED) is 0.526. The summed E-state index contributed by atoms with van der Waals surface area (Å²) in [6.07, 6.45) is 3.37. The van der Waals surface area contributed by atoms with E-state index in [9.17, 15) is 0 Å². The predicted octanol–water partition coefficient (Wildman–Crippen LogP) is 1.06. The minimum absolute atomic E-state index is 0.119. The number of hydrogen-bond acceptors (Lipinski definition) is 2. The van der Waals surface area contributed by atoms with Gasteiger partial charge in [-0.15, -0.1) is 0 Å². The number of aliphatic hydroxyl groups is 1. The molecule has 0 aromatic carbocycles. The molecule has 0 bridgehead atoms. The molecule has 1 saturated carbocycles. The van der Waals surface area contributed by atoms with Crippen molar-refractivity contribution in [2.45, 2.75) is 31.8 Å². The molecule has 0 heterocycles. The van der Waals surface area contributed by atoms with Crippen molar-refractivity contribution in [3.8, 4) is 6.07 Å². The molecule has 1 aliphatic rings. The van der Waals surface area contributed by atoms with Crippen LogP contribution >= 0.6 is 0 Å². The number of hydrogen-bond donors (Lipinski definition) is 1. The van der Waals surface area contributed by atoms with Crippen molar-refractivity contribution in [3.63, 3.8) is 0 Å². The van der Waals surface area contributed by atoms with Crippen LogP contribution in [0.25, 0.3) is 0 Å². The number of aliphatic hydroxyl groups excluding tert-OH is 1. The zero-order chi connectivity index (χ0) is 6.69. The maximum Gasteiger partial charge on any atom is 0.0656 e. The van der Waals surface area contributed by atoms with Crippen molar-refractivity contribution in [2.24, 2.45) is 5.92 Å². The van der Waals surface area contributed by atoms with Gasteiger partial charge in [0.05, 0.1) is 12.2 Å². The van der Waals surface area contributed by atoms with Gasteiger partial charge in [-0.05, 0) is 25.7 Å². The van der Waals surface area contributed by atoms with E-state index in [-0.39, 0.29) is 12.0 Å².